The molecule has 0 saturated carbocycles. The minimum absolute atomic E-state index is 0.0235. The number of nitrogens with zero attached hydrogens (tertiary/aromatic N) is 3. The van der Waals surface area contributed by atoms with Gasteiger partial charge in [-0.1, -0.05) is 6.92 Å². The second-order valence-corrected chi connectivity index (χ2v) is 2.71. The third kappa shape index (κ3) is 1.40. The van der Waals surface area contributed by atoms with E-state index in [1.54, 1.807) is 0 Å². The highest BCUT2D eigenvalue weighted by molar-refractivity contribution is 5.24. The van der Waals surface area contributed by atoms with Gasteiger partial charge in [0.2, 0.25) is 5.95 Å². The smallest absolute Gasteiger partial charge is 0.224 e. The molecule has 12 heavy (non-hydrogen) atoms. The average molecular weight is 169 g/mol. The predicted molar refractivity (Wildman–Crippen MR) is 47.8 cm³/mol. The molecule has 1 rings (SSSR count). The largest absolute Gasteiger partial charge is 0.357 e. The molecule has 0 saturated heterocycles. The highest BCUT2D eigenvalue weighted by Crippen LogP contribution is 2.12. The van der Waals surface area contributed by atoms with Crippen LogP contribution in [-0.2, 0) is 7.05 Å². The minimum Gasteiger partial charge on any atom is -0.357 e. The number of nitrogens with two attached hydrogens (primary N) is 1. The Kier molecular flexibility index (Phi) is 2.65. The minimum atomic E-state index is -0.0235. The highest BCUT2D eigenvalue weighted by atomic mass is 15.3. The van der Waals surface area contributed by atoms with Crippen LogP contribution in [0, 0.1) is 0 Å². The fourth-order valence-corrected chi connectivity index (χ4v) is 1.06. The van der Waals surface area contributed by atoms with Crippen molar-refractivity contribution in [2.45, 2.75) is 19.4 Å². The van der Waals surface area contributed by atoms with Gasteiger partial charge in [-0.05, 0) is 6.42 Å². The van der Waals surface area contributed by atoms with Gasteiger partial charge in [0.05, 0.1) is 6.04 Å². The Morgan fingerprint density at radius 2 is 2.25 bits per heavy atom. The van der Waals surface area contributed by atoms with E-state index in [1.165, 1.54) is 0 Å². The number of rotatable bonds is 3. The molecule has 5 heteroatoms. The van der Waals surface area contributed by atoms with Crippen molar-refractivity contribution < 1.29 is 0 Å². The Hall–Kier alpha value is -1.10. The van der Waals surface area contributed by atoms with E-state index < -0.39 is 0 Å². The zero-order valence-electron chi connectivity index (χ0n) is 7.70. The molecule has 0 amide bonds. The van der Waals surface area contributed by atoms with Gasteiger partial charge < -0.3 is 11.1 Å². The van der Waals surface area contributed by atoms with Crippen LogP contribution in [0.4, 0.5) is 5.95 Å². The molecule has 1 aromatic rings. The quantitative estimate of drug-likeness (QED) is 0.681. The highest BCUT2D eigenvalue weighted by Gasteiger charge is 2.12. The van der Waals surface area contributed by atoms with E-state index in [1.807, 2.05) is 25.6 Å². The summed E-state index contributed by atoms with van der Waals surface area (Å²) in [6, 6.07) is -0.0235. The van der Waals surface area contributed by atoms with E-state index >= 15 is 0 Å². The predicted octanol–water partition coefficient (Wildman–Crippen LogP) is 0.267. The van der Waals surface area contributed by atoms with Crippen molar-refractivity contribution in [1.29, 1.82) is 0 Å². The first kappa shape index (κ1) is 8.99. The molecule has 1 aromatic heterocycles. The molecule has 0 radical (unpaired) electrons. The summed E-state index contributed by atoms with van der Waals surface area (Å²) in [5.41, 5.74) is 5.81. The molecule has 5 nitrogen and oxygen atoms in total. The topological polar surface area (TPSA) is 68.8 Å². The molecule has 0 aliphatic heterocycles. The third-order valence-electron chi connectivity index (χ3n) is 1.90. The summed E-state index contributed by atoms with van der Waals surface area (Å²) in [5, 5.41) is 10.8. The van der Waals surface area contributed by atoms with Crippen LogP contribution in [0.1, 0.15) is 25.2 Å². The summed E-state index contributed by atoms with van der Waals surface area (Å²) in [6.45, 7) is 2.03. The summed E-state index contributed by atoms with van der Waals surface area (Å²) in [6.07, 6.45) is 0.871. The summed E-state index contributed by atoms with van der Waals surface area (Å²) < 4.78 is 1.87. The lowest BCUT2D eigenvalue weighted by Gasteiger charge is -2.07. The Labute approximate surface area is 72.0 Å². The van der Waals surface area contributed by atoms with Crippen molar-refractivity contribution in [3.05, 3.63) is 5.82 Å². The van der Waals surface area contributed by atoms with Crippen LogP contribution in [0.5, 0.6) is 0 Å². The first-order valence-electron chi connectivity index (χ1n) is 4.03. The van der Waals surface area contributed by atoms with E-state index in [0.717, 1.165) is 18.2 Å². The summed E-state index contributed by atoms with van der Waals surface area (Å²) in [4.78, 5) is 0. The van der Waals surface area contributed by atoms with Gasteiger partial charge in [-0.15, -0.1) is 10.2 Å². The lowest BCUT2D eigenvalue weighted by atomic mass is 10.2. The Morgan fingerprint density at radius 3 is 2.67 bits per heavy atom. The van der Waals surface area contributed by atoms with Crippen LogP contribution >= 0.6 is 0 Å². The molecule has 0 aliphatic rings. The van der Waals surface area contributed by atoms with E-state index in [4.69, 9.17) is 5.73 Å². The lowest BCUT2D eigenvalue weighted by Crippen LogP contribution is -2.14. The van der Waals surface area contributed by atoms with E-state index in [-0.39, 0.29) is 6.04 Å². The van der Waals surface area contributed by atoms with Gasteiger partial charge in [-0.2, -0.15) is 0 Å². The summed E-state index contributed by atoms with van der Waals surface area (Å²) >= 11 is 0. The summed E-state index contributed by atoms with van der Waals surface area (Å²) in [5.74, 6) is 1.57. The molecule has 0 bridgehead atoms. The lowest BCUT2D eigenvalue weighted by molar-refractivity contribution is 0.616. The molecular formula is C7H15N5. The molecule has 1 atom stereocenters. The van der Waals surface area contributed by atoms with E-state index in [2.05, 4.69) is 15.5 Å². The van der Waals surface area contributed by atoms with Crippen molar-refractivity contribution >= 4 is 5.95 Å². The third-order valence-corrected chi connectivity index (χ3v) is 1.90. The van der Waals surface area contributed by atoms with Gasteiger partial charge in [-0.25, -0.2) is 0 Å². The van der Waals surface area contributed by atoms with Gasteiger partial charge in [0, 0.05) is 14.1 Å². The van der Waals surface area contributed by atoms with Crippen molar-refractivity contribution in [2.24, 2.45) is 12.8 Å². The molecule has 0 aromatic carbocycles. The SMILES string of the molecule is CCC(N)c1nnc(NC)n1C. The van der Waals surface area contributed by atoms with Crippen LogP contribution in [0.2, 0.25) is 0 Å². The standard InChI is InChI=1S/C7H15N5/c1-4-5(8)6-10-11-7(9-2)12(6)3/h5H,4,8H2,1-3H3,(H,9,11). The van der Waals surface area contributed by atoms with Crippen LogP contribution in [0.25, 0.3) is 0 Å². The maximum absolute atomic E-state index is 5.81. The fourth-order valence-electron chi connectivity index (χ4n) is 1.06. The molecule has 68 valence electrons. The van der Waals surface area contributed by atoms with Gasteiger partial charge in [0.25, 0.3) is 0 Å². The normalized spacial score (nSPS) is 13.0. The molecule has 1 heterocycles. The second-order valence-electron chi connectivity index (χ2n) is 2.71. The van der Waals surface area contributed by atoms with E-state index in [9.17, 15) is 0 Å². The van der Waals surface area contributed by atoms with Gasteiger partial charge >= 0.3 is 0 Å². The first-order valence-corrected chi connectivity index (χ1v) is 4.03. The van der Waals surface area contributed by atoms with Crippen LogP contribution < -0.4 is 11.1 Å². The number of hydrogen-bond donors (Lipinski definition) is 2. The van der Waals surface area contributed by atoms with Crippen molar-refractivity contribution in [2.75, 3.05) is 12.4 Å². The number of nitrogens with one attached hydrogen (secondary N) is 1. The molecule has 1 unspecified atom stereocenters. The van der Waals surface area contributed by atoms with Gasteiger partial charge in [0.15, 0.2) is 5.82 Å². The Bertz CT molecular complexity index is 254. The number of aromatic nitrogens is 3. The summed E-state index contributed by atoms with van der Waals surface area (Å²) in [7, 11) is 3.71. The monoisotopic (exact) mass is 169 g/mol. The zero-order valence-corrected chi connectivity index (χ0v) is 7.70. The number of anilines is 1. The maximum atomic E-state index is 5.81. The molecule has 0 fully saturated rings. The van der Waals surface area contributed by atoms with Gasteiger partial charge in [-0.3, -0.25) is 4.57 Å². The number of hydrogen-bond acceptors (Lipinski definition) is 4. The molecule has 3 N–H and O–H groups in total. The second kappa shape index (κ2) is 3.53. The van der Waals surface area contributed by atoms with Crippen LogP contribution in [-0.4, -0.2) is 21.8 Å². The van der Waals surface area contributed by atoms with Crippen molar-refractivity contribution in [3.8, 4) is 0 Å². The Morgan fingerprint density at radius 1 is 1.58 bits per heavy atom. The molecular weight excluding hydrogens is 154 g/mol. The fraction of sp³-hybridized carbons (Fsp3) is 0.714. The average Bonchev–Trinajstić information content (AvgIpc) is 2.45. The van der Waals surface area contributed by atoms with Crippen LogP contribution in [0.15, 0.2) is 0 Å². The first-order chi connectivity index (χ1) is 5.70. The zero-order chi connectivity index (χ0) is 9.14. The maximum Gasteiger partial charge on any atom is 0.224 e. The Balaban J connectivity index is 2.93. The van der Waals surface area contributed by atoms with E-state index in [0.29, 0.717) is 0 Å². The van der Waals surface area contributed by atoms with Gasteiger partial charge in [0.1, 0.15) is 0 Å². The van der Waals surface area contributed by atoms with Crippen molar-refractivity contribution in [3.63, 3.8) is 0 Å². The molecule has 0 aliphatic carbocycles. The van der Waals surface area contributed by atoms with Crippen LogP contribution in [0.3, 0.4) is 0 Å². The molecule has 0 spiro atoms. The van der Waals surface area contributed by atoms with Crippen molar-refractivity contribution in [1.82, 2.24) is 14.8 Å².